The fourth-order valence-electron chi connectivity index (χ4n) is 1.18. The Morgan fingerprint density at radius 2 is 2.08 bits per heavy atom. The van der Waals surface area contributed by atoms with Crippen molar-refractivity contribution in [3.8, 4) is 0 Å². The zero-order valence-electron chi connectivity index (χ0n) is 9.33. The summed E-state index contributed by atoms with van der Waals surface area (Å²) < 4.78 is 2.20. The summed E-state index contributed by atoms with van der Waals surface area (Å²) in [5.74, 6) is 0. The summed E-state index contributed by atoms with van der Waals surface area (Å²) in [7, 11) is 0. The second kappa shape index (κ2) is 3.52. The second-order valence-corrected chi connectivity index (χ2v) is 4.71. The van der Waals surface area contributed by atoms with Gasteiger partial charge in [-0.1, -0.05) is 27.7 Å². The summed E-state index contributed by atoms with van der Waals surface area (Å²) in [5, 5.41) is 0. The lowest BCUT2D eigenvalue weighted by Crippen LogP contribution is -2.11. The van der Waals surface area contributed by atoms with Crippen LogP contribution in [0.15, 0.2) is 12.5 Å². The smallest absolute Gasteiger partial charge is 0.0952 e. The van der Waals surface area contributed by atoms with E-state index in [4.69, 9.17) is 0 Å². The highest BCUT2D eigenvalue weighted by Crippen LogP contribution is 2.21. The van der Waals surface area contributed by atoms with E-state index in [1.165, 1.54) is 5.69 Å². The number of hydrogen-bond donors (Lipinski definition) is 0. The van der Waals surface area contributed by atoms with Gasteiger partial charge < -0.3 is 4.57 Å². The van der Waals surface area contributed by atoms with E-state index >= 15 is 0 Å². The van der Waals surface area contributed by atoms with Crippen LogP contribution in [0.3, 0.4) is 0 Å². The lowest BCUT2D eigenvalue weighted by molar-refractivity contribution is 0.525. The summed E-state index contributed by atoms with van der Waals surface area (Å²) in [6.45, 7) is 11.0. The molecule has 0 radical (unpaired) electrons. The van der Waals surface area contributed by atoms with Crippen molar-refractivity contribution in [2.45, 2.75) is 52.5 Å². The van der Waals surface area contributed by atoms with Crippen LogP contribution < -0.4 is 0 Å². The van der Waals surface area contributed by atoms with Gasteiger partial charge in [0.2, 0.25) is 0 Å². The molecule has 0 saturated carbocycles. The minimum atomic E-state index is 0.165. The highest BCUT2D eigenvalue weighted by Gasteiger charge is 2.17. The first-order chi connectivity index (χ1) is 5.95. The van der Waals surface area contributed by atoms with Crippen molar-refractivity contribution in [2.75, 3.05) is 0 Å². The molecule has 0 fully saturated rings. The molecule has 2 heteroatoms. The van der Waals surface area contributed by atoms with Gasteiger partial charge in [-0.15, -0.1) is 0 Å². The van der Waals surface area contributed by atoms with Gasteiger partial charge >= 0.3 is 0 Å². The average molecular weight is 180 g/mol. The molecule has 13 heavy (non-hydrogen) atoms. The molecule has 1 atom stereocenters. The molecule has 0 N–H and O–H groups in total. The molecule has 1 rings (SSSR count). The molecule has 74 valence electrons. The van der Waals surface area contributed by atoms with Crippen molar-refractivity contribution in [2.24, 2.45) is 0 Å². The van der Waals surface area contributed by atoms with Gasteiger partial charge in [0.25, 0.3) is 0 Å². The SMILES string of the molecule is CCC(C)n1cnc(C(C)(C)C)c1. The first-order valence-electron chi connectivity index (χ1n) is 4.99. The molecular weight excluding hydrogens is 160 g/mol. The fraction of sp³-hybridized carbons (Fsp3) is 0.727. The Kier molecular flexibility index (Phi) is 2.79. The molecule has 1 heterocycles. The van der Waals surface area contributed by atoms with Crippen molar-refractivity contribution in [3.63, 3.8) is 0 Å². The van der Waals surface area contributed by atoms with Gasteiger partial charge in [-0.3, -0.25) is 0 Å². The van der Waals surface area contributed by atoms with Crippen LogP contribution in [0.25, 0.3) is 0 Å². The Hall–Kier alpha value is -0.790. The van der Waals surface area contributed by atoms with E-state index in [0.29, 0.717) is 6.04 Å². The molecule has 0 aliphatic heterocycles. The summed E-state index contributed by atoms with van der Waals surface area (Å²) in [5.41, 5.74) is 1.34. The largest absolute Gasteiger partial charge is 0.334 e. The van der Waals surface area contributed by atoms with E-state index in [9.17, 15) is 0 Å². The quantitative estimate of drug-likeness (QED) is 0.683. The van der Waals surface area contributed by atoms with Crippen molar-refractivity contribution < 1.29 is 0 Å². The summed E-state index contributed by atoms with van der Waals surface area (Å²) in [4.78, 5) is 4.42. The highest BCUT2D eigenvalue weighted by atomic mass is 15.1. The second-order valence-electron chi connectivity index (χ2n) is 4.71. The van der Waals surface area contributed by atoms with Crippen LogP contribution in [0.2, 0.25) is 0 Å². The third-order valence-corrected chi connectivity index (χ3v) is 2.47. The molecule has 0 bridgehead atoms. The summed E-state index contributed by atoms with van der Waals surface area (Å²) in [6.07, 6.45) is 5.25. The third-order valence-electron chi connectivity index (χ3n) is 2.47. The van der Waals surface area contributed by atoms with Crippen LogP contribution in [0.4, 0.5) is 0 Å². The van der Waals surface area contributed by atoms with E-state index in [0.717, 1.165) is 6.42 Å². The van der Waals surface area contributed by atoms with Crippen LogP contribution in [-0.4, -0.2) is 9.55 Å². The average Bonchev–Trinajstić information content (AvgIpc) is 2.50. The van der Waals surface area contributed by atoms with Crippen LogP contribution in [0.1, 0.15) is 52.8 Å². The van der Waals surface area contributed by atoms with Crippen molar-refractivity contribution in [1.29, 1.82) is 0 Å². The number of hydrogen-bond acceptors (Lipinski definition) is 1. The van der Waals surface area contributed by atoms with Gasteiger partial charge in [0, 0.05) is 17.7 Å². The molecule has 0 aliphatic carbocycles. The molecular formula is C11H20N2. The van der Waals surface area contributed by atoms with Crippen molar-refractivity contribution >= 4 is 0 Å². The first-order valence-corrected chi connectivity index (χ1v) is 4.99. The molecule has 0 spiro atoms. The molecule has 1 aromatic heterocycles. The van der Waals surface area contributed by atoms with Gasteiger partial charge in [-0.2, -0.15) is 0 Å². The first kappa shape index (κ1) is 10.3. The molecule has 0 amide bonds. The standard InChI is InChI=1S/C11H20N2/c1-6-9(2)13-7-10(12-8-13)11(3,4)5/h7-9H,6H2,1-5H3. The van der Waals surface area contributed by atoms with Gasteiger partial charge in [0.1, 0.15) is 0 Å². The lowest BCUT2D eigenvalue weighted by atomic mass is 9.93. The monoisotopic (exact) mass is 180 g/mol. The van der Waals surface area contributed by atoms with Crippen LogP contribution >= 0.6 is 0 Å². The topological polar surface area (TPSA) is 17.8 Å². The Morgan fingerprint density at radius 3 is 2.46 bits per heavy atom. The highest BCUT2D eigenvalue weighted by molar-refractivity contribution is 5.09. The molecule has 0 aromatic carbocycles. The Labute approximate surface area is 81.0 Å². The van der Waals surface area contributed by atoms with Crippen LogP contribution in [-0.2, 0) is 5.41 Å². The zero-order chi connectivity index (χ0) is 10.1. The normalized spacial score (nSPS) is 14.5. The lowest BCUT2D eigenvalue weighted by Gasteiger charge is -2.15. The van der Waals surface area contributed by atoms with E-state index < -0.39 is 0 Å². The molecule has 1 aromatic rings. The summed E-state index contributed by atoms with van der Waals surface area (Å²) in [6, 6.07) is 0.559. The number of nitrogens with zero attached hydrogens (tertiary/aromatic N) is 2. The van der Waals surface area contributed by atoms with E-state index in [1.54, 1.807) is 0 Å². The van der Waals surface area contributed by atoms with Crippen molar-refractivity contribution in [1.82, 2.24) is 9.55 Å². The number of imidazole rings is 1. The Balaban J connectivity index is 2.87. The predicted molar refractivity (Wildman–Crippen MR) is 55.9 cm³/mol. The number of aromatic nitrogens is 2. The van der Waals surface area contributed by atoms with Crippen LogP contribution in [0.5, 0.6) is 0 Å². The molecule has 0 aliphatic rings. The van der Waals surface area contributed by atoms with Gasteiger partial charge in [0.05, 0.1) is 12.0 Å². The third kappa shape index (κ3) is 2.33. The fourth-order valence-corrected chi connectivity index (χ4v) is 1.18. The predicted octanol–water partition coefficient (Wildman–Crippen LogP) is 3.15. The van der Waals surface area contributed by atoms with Gasteiger partial charge in [-0.05, 0) is 13.3 Å². The minimum Gasteiger partial charge on any atom is -0.334 e. The molecule has 2 nitrogen and oxygen atoms in total. The Bertz CT molecular complexity index is 268. The number of rotatable bonds is 2. The maximum Gasteiger partial charge on any atom is 0.0952 e. The van der Waals surface area contributed by atoms with Crippen molar-refractivity contribution in [3.05, 3.63) is 18.2 Å². The van der Waals surface area contributed by atoms with E-state index in [-0.39, 0.29) is 5.41 Å². The maximum atomic E-state index is 4.42. The van der Waals surface area contributed by atoms with E-state index in [1.807, 2.05) is 6.33 Å². The zero-order valence-corrected chi connectivity index (χ0v) is 9.33. The van der Waals surface area contributed by atoms with Gasteiger partial charge in [-0.25, -0.2) is 4.98 Å². The molecule has 1 unspecified atom stereocenters. The van der Waals surface area contributed by atoms with Gasteiger partial charge in [0.15, 0.2) is 0 Å². The molecule has 0 saturated heterocycles. The van der Waals surface area contributed by atoms with E-state index in [2.05, 4.69) is 50.4 Å². The minimum absolute atomic E-state index is 0.165. The van der Waals surface area contributed by atoms with Crippen LogP contribution in [0, 0.1) is 0 Å². The summed E-state index contributed by atoms with van der Waals surface area (Å²) >= 11 is 0. The Morgan fingerprint density at radius 1 is 1.46 bits per heavy atom. The maximum absolute atomic E-state index is 4.42.